The van der Waals surface area contributed by atoms with Gasteiger partial charge in [-0.15, -0.1) is 0 Å². The van der Waals surface area contributed by atoms with Gasteiger partial charge in [0.05, 0.1) is 0 Å². The summed E-state index contributed by atoms with van der Waals surface area (Å²) in [7, 11) is 2.18. The average molecular weight is 298 g/mol. The fourth-order valence-corrected chi connectivity index (χ4v) is 4.74. The van der Waals surface area contributed by atoms with Gasteiger partial charge in [-0.1, -0.05) is 19.1 Å². The molecule has 2 heterocycles. The van der Waals surface area contributed by atoms with E-state index < -0.39 is 0 Å². The molecule has 0 bridgehead atoms. The molecule has 1 fully saturated rings. The second-order valence-electron chi connectivity index (χ2n) is 7.52. The van der Waals surface area contributed by atoms with Gasteiger partial charge in [-0.25, -0.2) is 0 Å². The number of carbonyl (C=O) groups excluding carboxylic acids is 1. The third kappa shape index (κ3) is 2.18. The third-order valence-electron chi connectivity index (χ3n) is 6.03. The highest BCUT2D eigenvalue weighted by Crippen LogP contribution is 2.40. The van der Waals surface area contributed by atoms with Crippen LogP contribution >= 0.6 is 0 Å². The third-order valence-corrected chi connectivity index (χ3v) is 6.03. The fourth-order valence-electron chi connectivity index (χ4n) is 4.74. The first-order valence-corrected chi connectivity index (χ1v) is 8.76. The number of hydrogen-bond donors (Lipinski definition) is 0. The molecule has 3 atom stereocenters. The number of likely N-dealkylation sites (N-methyl/N-ethyl adjacent to an activating group) is 1. The van der Waals surface area contributed by atoms with E-state index in [4.69, 9.17) is 0 Å². The minimum Gasteiger partial charge on any atom is -0.333 e. The van der Waals surface area contributed by atoms with Crippen molar-refractivity contribution in [3.8, 4) is 0 Å². The van der Waals surface area contributed by atoms with Crippen molar-refractivity contribution in [3.05, 3.63) is 34.9 Å². The molecule has 0 N–H and O–H groups in total. The van der Waals surface area contributed by atoms with E-state index in [0.29, 0.717) is 17.9 Å². The Morgan fingerprint density at radius 1 is 1.18 bits per heavy atom. The molecule has 118 valence electrons. The molecule has 3 heteroatoms. The Hall–Kier alpha value is -1.35. The van der Waals surface area contributed by atoms with Crippen LogP contribution in [0, 0.1) is 5.92 Å². The molecule has 1 unspecified atom stereocenters. The van der Waals surface area contributed by atoms with Gasteiger partial charge < -0.3 is 9.80 Å². The summed E-state index contributed by atoms with van der Waals surface area (Å²) in [6.45, 7) is 5.43. The van der Waals surface area contributed by atoms with Crippen molar-refractivity contribution in [2.75, 3.05) is 26.7 Å². The molecule has 1 amide bonds. The molecule has 1 saturated heterocycles. The van der Waals surface area contributed by atoms with E-state index in [2.05, 4.69) is 42.0 Å². The highest BCUT2D eigenvalue weighted by Gasteiger charge is 2.40. The van der Waals surface area contributed by atoms with Crippen LogP contribution in [0.15, 0.2) is 18.2 Å². The Labute approximate surface area is 133 Å². The highest BCUT2D eigenvalue weighted by atomic mass is 16.2. The van der Waals surface area contributed by atoms with Crippen molar-refractivity contribution in [2.24, 2.45) is 5.92 Å². The first-order chi connectivity index (χ1) is 10.6. The lowest BCUT2D eigenvalue weighted by Gasteiger charge is -2.46. The summed E-state index contributed by atoms with van der Waals surface area (Å²) in [6.07, 6.45) is 4.85. The van der Waals surface area contributed by atoms with Gasteiger partial charge >= 0.3 is 0 Å². The largest absolute Gasteiger partial charge is 0.333 e. The van der Waals surface area contributed by atoms with Crippen LogP contribution < -0.4 is 0 Å². The first-order valence-electron chi connectivity index (χ1n) is 8.76. The number of carbonyl (C=O) groups is 1. The van der Waals surface area contributed by atoms with Crippen molar-refractivity contribution >= 4 is 5.91 Å². The van der Waals surface area contributed by atoms with Gasteiger partial charge in [0.15, 0.2) is 0 Å². The van der Waals surface area contributed by atoms with E-state index in [1.165, 1.54) is 30.4 Å². The molecule has 0 spiro atoms. The number of likely N-dealkylation sites (tertiary alicyclic amines) is 1. The molecule has 1 aromatic rings. The molecule has 4 rings (SSSR count). The minimum absolute atomic E-state index is 0.280. The SMILES string of the molecule is CC1CCN(C)C[C@H]1N1C[C@H]2CCCc3cccc(c32)C1=O. The van der Waals surface area contributed by atoms with Crippen molar-refractivity contribution in [1.82, 2.24) is 9.80 Å². The molecule has 0 radical (unpaired) electrons. The lowest BCUT2D eigenvalue weighted by molar-refractivity contribution is 0.0387. The summed E-state index contributed by atoms with van der Waals surface area (Å²) >= 11 is 0. The Balaban J connectivity index is 1.71. The van der Waals surface area contributed by atoms with Gasteiger partial charge in [-0.2, -0.15) is 0 Å². The smallest absolute Gasteiger partial charge is 0.254 e. The molecule has 0 saturated carbocycles. The van der Waals surface area contributed by atoms with Gasteiger partial charge in [0.25, 0.3) is 5.91 Å². The van der Waals surface area contributed by atoms with Crippen molar-refractivity contribution in [3.63, 3.8) is 0 Å². The van der Waals surface area contributed by atoms with Gasteiger partial charge in [-0.3, -0.25) is 4.79 Å². The van der Waals surface area contributed by atoms with Gasteiger partial charge in [0.2, 0.25) is 0 Å². The van der Waals surface area contributed by atoms with Crippen LogP contribution in [-0.2, 0) is 6.42 Å². The lowest BCUT2D eigenvalue weighted by Crippen LogP contribution is -2.56. The summed E-state index contributed by atoms with van der Waals surface area (Å²) < 4.78 is 0. The van der Waals surface area contributed by atoms with Gasteiger partial charge in [0, 0.05) is 30.6 Å². The number of benzene rings is 1. The van der Waals surface area contributed by atoms with Crippen LogP contribution in [0.5, 0.6) is 0 Å². The number of amides is 1. The molecule has 0 aromatic heterocycles. The molecule has 1 aliphatic carbocycles. The van der Waals surface area contributed by atoms with E-state index >= 15 is 0 Å². The highest BCUT2D eigenvalue weighted by molar-refractivity contribution is 5.97. The predicted octanol–water partition coefficient (Wildman–Crippen LogP) is 2.90. The average Bonchev–Trinajstić information content (AvgIpc) is 2.53. The van der Waals surface area contributed by atoms with E-state index in [-0.39, 0.29) is 5.91 Å². The topological polar surface area (TPSA) is 23.6 Å². The summed E-state index contributed by atoms with van der Waals surface area (Å²) in [5.74, 6) is 1.45. The van der Waals surface area contributed by atoms with E-state index in [1.807, 2.05) is 0 Å². The summed E-state index contributed by atoms with van der Waals surface area (Å²) in [5, 5.41) is 0. The summed E-state index contributed by atoms with van der Waals surface area (Å²) in [6, 6.07) is 6.74. The molecular formula is C19H26N2O. The van der Waals surface area contributed by atoms with Crippen LogP contribution in [0.3, 0.4) is 0 Å². The molecule has 22 heavy (non-hydrogen) atoms. The number of piperidine rings is 1. The van der Waals surface area contributed by atoms with Crippen molar-refractivity contribution in [2.45, 2.75) is 44.6 Å². The maximum Gasteiger partial charge on any atom is 0.254 e. The zero-order chi connectivity index (χ0) is 15.3. The number of aryl methyl sites for hydroxylation is 1. The van der Waals surface area contributed by atoms with Crippen LogP contribution in [0.25, 0.3) is 0 Å². The minimum atomic E-state index is 0.280. The molecule has 1 aromatic carbocycles. The maximum absolute atomic E-state index is 13.1. The van der Waals surface area contributed by atoms with E-state index in [1.54, 1.807) is 0 Å². The van der Waals surface area contributed by atoms with Gasteiger partial charge in [0.1, 0.15) is 0 Å². The molecular weight excluding hydrogens is 272 g/mol. The quantitative estimate of drug-likeness (QED) is 0.796. The second kappa shape index (κ2) is 5.38. The Morgan fingerprint density at radius 2 is 2.05 bits per heavy atom. The zero-order valence-corrected chi connectivity index (χ0v) is 13.7. The number of nitrogens with zero attached hydrogens (tertiary/aromatic N) is 2. The second-order valence-corrected chi connectivity index (χ2v) is 7.52. The molecule has 2 aliphatic heterocycles. The fraction of sp³-hybridized carbons (Fsp3) is 0.632. The van der Waals surface area contributed by atoms with E-state index in [9.17, 15) is 4.79 Å². The maximum atomic E-state index is 13.1. The predicted molar refractivity (Wildman–Crippen MR) is 88.2 cm³/mol. The van der Waals surface area contributed by atoms with E-state index in [0.717, 1.165) is 31.6 Å². The van der Waals surface area contributed by atoms with Crippen LogP contribution in [0.2, 0.25) is 0 Å². The van der Waals surface area contributed by atoms with Crippen molar-refractivity contribution in [1.29, 1.82) is 0 Å². The zero-order valence-electron chi connectivity index (χ0n) is 13.7. The van der Waals surface area contributed by atoms with Gasteiger partial charge in [-0.05, 0) is 62.4 Å². The molecule has 3 aliphatic rings. The standard InChI is InChI=1S/C19H26N2O/c1-13-9-10-20(2)12-17(13)21-11-15-7-3-5-14-6-4-8-16(18(14)15)19(21)22/h4,6,8,13,15,17H,3,5,7,9-12H2,1-2H3/t13?,15-,17-/m1/s1. The monoisotopic (exact) mass is 298 g/mol. The first kappa shape index (κ1) is 14.3. The Kier molecular flexibility index (Phi) is 3.48. The molecule has 3 nitrogen and oxygen atoms in total. The Bertz CT molecular complexity index is 597. The van der Waals surface area contributed by atoms with Crippen molar-refractivity contribution < 1.29 is 4.79 Å². The number of hydrogen-bond acceptors (Lipinski definition) is 2. The van der Waals surface area contributed by atoms with Crippen LogP contribution in [0.4, 0.5) is 0 Å². The van der Waals surface area contributed by atoms with Crippen LogP contribution in [0.1, 0.15) is 53.6 Å². The summed E-state index contributed by atoms with van der Waals surface area (Å²) in [4.78, 5) is 17.7. The number of rotatable bonds is 1. The summed E-state index contributed by atoms with van der Waals surface area (Å²) in [5.41, 5.74) is 3.80. The normalized spacial score (nSPS) is 32.0. The Morgan fingerprint density at radius 3 is 2.91 bits per heavy atom. The van der Waals surface area contributed by atoms with Crippen LogP contribution in [-0.4, -0.2) is 48.4 Å². The lowest BCUT2D eigenvalue weighted by atomic mass is 9.76.